The second-order valence-electron chi connectivity index (χ2n) is 10.3. The van der Waals surface area contributed by atoms with Gasteiger partial charge in [0.25, 0.3) is 0 Å². The highest BCUT2D eigenvalue weighted by molar-refractivity contribution is 6.35. The lowest BCUT2D eigenvalue weighted by Crippen LogP contribution is -2.54. The van der Waals surface area contributed by atoms with Crippen LogP contribution in [0.3, 0.4) is 0 Å². The summed E-state index contributed by atoms with van der Waals surface area (Å²) in [6, 6.07) is 20.3. The first-order chi connectivity index (χ1) is 16.9. The molecule has 2 amide bonds. The van der Waals surface area contributed by atoms with Gasteiger partial charge < -0.3 is 10.2 Å². The third-order valence-electron chi connectivity index (χ3n) is 6.05. The maximum absolute atomic E-state index is 13.9. The highest BCUT2D eigenvalue weighted by Crippen LogP contribution is 2.25. The summed E-state index contributed by atoms with van der Waals surface area (Å²) in [5.74, 6) is -0.348. The first kappa shape index (κ1) is 27.8. The van der Waals surface area contributed by atoms with Crippen LogP contribution < -0.4 is 5.32 Å². The molecule has 190 valence electrons. The topological polar surface area (TPSA) is 49.4 Å². The second kappa shape index (κ2) is 11.9. The van der Waals surface area contributed by atoms with Gasteiger partial charge in [0.15, 0.2) is 0 Å². The molecule has 0 aliphatic carbocycles. The first-order valence-corrected chi connectivity index (χ1v) is 12.8. The Bertz CT molecular complexity index is 1220. The van der Waals surface area contributed by atoms with Crippen molar-refractivity contribution in [3.05, 3.63) is 105 Å². The van der Waals surface area contributed by atoms with Crippen LogP contribution >= 0.6 is 23.2 Å². The average Bonchev–Trinajstić information content (AvgIpc) is 2.79. The molecular weight excluding hydrogens is 491 g/mol. The largest absolute Gasteiger partial charge is 0.350 e. The number of amides is 2. The summed E-state index contributed by atoms with van der Waals surface area (Å²) in [4.78, 5) is 29.2. The standard InChI is InChI=1S/C30H34Cl2N2O2/c1-20-11-12-23(15-21(20)2)17-28(35)34(19-24-13-14-25(31)18-26(24)32)27(29(36)33-30(3,4)5)16-22-9-7-6-8-10-22/h6-15,18,27H,16-17,19H2,1-5H3,(H,33,36)/t27-/m1/s1. The Labute approximate surface area is 224 Å². The minimum absolute atomic E-state index is 0.144. The van der Waals surface area contributed by atoms with E-state index in [2.05, 4.69) is 5.32 Å². The van der Waals surface area contributed by atoms with Gasteiger partial charge in [-0.3, -0.25) is 9.59 Å². The van der Waals surface area contributed by atoms with Crippen molar-refractivity contribution in [2.24, 2.45) is 0 Å². The molecule has 3 aromatic rings. The van der Waals surface area contributed by atoms with Crippen LogP contribution in [0.25, 0.3) is 0 Å². The van der Waals surface area contributed by atoms with Crippen LogP contribution in [0.5, 0.6) is 0 Å². The normalized spacial score (nSPS) is 12.2. The van der Waals surface area contributed by atoms with Gasteiger partial charge in [-0.25, -0.2) is 0 Å². The summed E-state index contributed by atoms with van der Waals surface area (Å²) in [5, 5.41) is 4.05. The number of halogens is 2. The Morgan fingerprint density at radius 2 is 1.58 bits per heavy atom. The predicted molar refractivity (Wildman–Crippen MR) is 148 cm³/mol. The molecule has 0 saturated carbocycles. The summed E-state index contributed by atoms with van der Waals surface area (Å²) in [6.07, 6.45) is 0.563. The van der Waals surface area contributed by atoms with Crippen molar-refractivity contribution >= 4 is 35.0 Å². The highest BCUT2D eigenvalue weighted by Gasteiger charge is 2.32. The summed E-state index contributed by atoms with van der Waals surface area (Å²) in [6.45, 7) is 10.1. The van der Waals surface area contributed by atoms with Gasteiger partial charge in [0.1, 0.15) is 6.04 Å². The number of aryl methyl sites for hydroxylation is 2. The van der Waals surface area contributed by atoms with E-state index in [1.54, 1.807) is 17.0 Å². The quantitative estimate of drug-likeness (QED) is 0.356. The molecule has 4 nitrogen and oxygen atoms in total. The molecular formula is C30H34Cl2N2O2. The maximum Gasteiger partial charge on any atom is 0.243 e. The number of rotatable bonds is 8. The van der Waals surface area contributed by atoms with Gasteiger partial charge in [0.2, 0.25) is 11.8 Å². The van der Waals surface area contributed by atoms with E-state index < -0.39 is 11.6 Å². The van der Waals surface area contributed by atoms with Crippen LogP contribution in [0.2, 0.25) is 10.0 Å². The van der Waals surface area contributed by atoms with Crippen molar-refractivity contribution in [2.75, 3.05) is 0 Å². The molecule has 0 spiro atoms. The molecule has 0 heterocycles. The molecule has 0 bridgehead atoms. The Kier molecular flexibility index (Phi) is 9.21. The zero-order chi connectivity index (χ0) is 26.5. The van der Waals surface area contributed by atoms with Crippen molar-refractivity contribution in [3.8, 4) is 0 Å². The Hall–Kier alpha value is -2.82. The van der Waals surface area contributed by atoms with Crippen LogP contribution in [0.15, 0.2) is 66.7 Å². The molecule has 36 heavy (non-hydrogen) atoms. The van der Waals surface area contributed by atoms with E-state index in [4.69, 9.17) is 23.2 Å². The maximum atomic E-state index is 13.9. The lowest BCUT2D eigenvalue weighted by molar-refractivity contribution is -0.141. The molecule has 0 saturated heterocycles. The number of carbonyl (C=O) groups is 2. The minimum Gasteiger partial charge on any atom is -0.350 e. The van der Waals surface area contributed by atoms with Crippen LogP contribution in [0, 0.1) is 13.8 Å². The number of benzene rings is 3. The summed E-state index contributed by atoms with van der Waals surface area (Å²) in [7, 11) is 0. The van der Waals surface area contributed by atoms with Gasteiger partial charge in [-0.05, 0) is 74.6 Å². The van der Waals surface area contributed by atoms with E-state index in [1.807, 2.05) is 89.2 Å². The number of hydrogen-bond acceptors (Lipinski definition) is 2. The van der Waals surface area contributed by atoms with Gasteiger partial charge in [-0.2, -0.15) is 0 Å². The molecule has 0 aliphatic rings. The molecule has 1 N–H and O–H groups in total. The second-order valence-corrected chi connectivity index (χ2v) is 11.1. The fourth-order valence-electron chi connectivity index (χ4n) is 4.03. The van der Waals surface area contributed by atoms with Gasteiger partial charge in [0, 0.05) is 28.5 Å². The van der Waals surface area contributed by atoms with E-state index in [-0.39, 0.29) is 24.8 Å². The Morgan fingerprint density at radius 1 is 0.889 bits per heavy atom. The van der Waals surface area contributed by atoms with E-state index in [1.165, 1.54) is 5.56 Å². The number of nitrogens with one attached hydrogen (secondary N) is 1. The average molecular weight is 526 g/mol. The molecule has 1 atom stereocenters. The van der Waals surface area contributed by atoms with E-state index in [0.717, 1.165) is 22.3 Å². The molecule has 3 aromatic carbocycles. The third kappa shape index (κ3) is 7.84. The Balaban J connectivity index is 2.03. The zero-order valence-corrected chi connectivity index (χ0v) is 23.1. The number of nitrogens with zero attached hydrogens (tertiary/aromatic N) is 1. The van der Waals surface area contributed by atoms with E-state index in [9.17, 15) is 9.59 Å². The zero-order valence-electron chi connectivity index (χ0n) is 21.6. The summed E-state index contributed by atoms with van der Waals surface area (Å²) < 4.78 is 0. The molecule has 6 heteroatoms. The van der Waals surface area contributed by atoms with Crippen molar-refractivity contribution in [1.29, 1.82) is 0 Å². The molecule has 0 aliphatic heterocycles. The van der Waals surface area contributed by atoms with Crippen molar-refractivity contribution < 1.29 is 9.59 Å². The SMILES string of the molecule is Cc1ccc(CC(=O)N(Cc2ccc(Cl)cc2Cl)[C@H](Cc2ccccc2)C(=O)NC(C)(C)C)cc1C. The van der Waals surface area contributed by atoms with E-state index in [0.29, 0.717) is 16.5 Å². The van der Waals surface area contributed by atoms with Gasteiger partial charge in [-0.1, -0.05) is 77.8 Å². The van der Waals surface area contributed by atoms with Crippen LogP contribution in [-0.2, 0) is 29.0 Å². The smallest absolute Gasteiger partial charge is 0.243 e. The van der Waals surface area contributed by atoms with Gasteiger partial charge in [0.05, 0.1) is 6.42 Å². The molecule has 0 unspecified atom stereocenters. The summed E-state index contributed by atoms with van der Waals surface area (Å²) in [5.41, 5.74) is 4.45. The Morgan fingerprint density at radius 3 is 2.19 bits per heavy atom. The lowest BCUT2D eigenvalue weighted by Gasteiger charge is -2.34. The molecule has 0 fully saturated rings. The monoisotopic (exact) mass is 524 g/mol. The van der Waals surface area contributed by atoms with Crippen molar-refractivity contribution in [1.82, 2.24) is 10.2 Å². The van der Waals surface area contributed by atoms with Crippen molar-refractivity contribution in [2.45, 2.75) is 65.6 Å². The van der Waals surface area contributed by atoms with E-state index >= 15 is 0 Å². The number of hydrogen-bond donors (Lipinski definition) is 1. The molecule has 0 aromatic heterocycles. The lowest BCUT2D eigenvalue weighted by atomic mass is 9.99. The fourth-order valence-corrected chi connectivity index (χ4v) is 4.50. The summed E-state index contributed by atoms with van der Waals surface area (Å²) >= 11 is 12.6. The molecule has 3 rings (SSSR count). The highest BCUT2D eigenvalue weighted by atomic mass is 35.5. The van der Waals surface area contributed by atoms with Crippen LogP contribution in [-0.4, -0.2) is 28.3 Å². The third-order valence-corrected chi connectivity index (χ3v) is 6.64. The van der Waals surface area contributed by atoms with Gasteiger partial charge >= 0.3 is 0 Å². The first-order valence-electron chi connectivity index (χ1n) is 12.1. The van der Waals surface area contributed by atoms with Crippen molar-refractivity contribution in [3.63, 3.8) is 0 Å². The van der Waals surface area contributed by atoms with Gasteiger partial charge in [-0.15, -0.1) is 0 Å². The number of carbonyl (C=O) groups excluding carboxylic acids is 2. The van der Waals surface area contributed by atoms with Crippen LogP contribution in [0.1, 0.15) is 48.6 Å². The van der Waals surface area contributed by atoms with Crippen LogP contribution in [0.4, 0.5) is 0 Å². The molecule has 0 radical (unpaired) electrons. The minimum atomic E-state index is -0.725. The fraction of sp³-hybridized carbons (Fsp3) is 0.333. The predicted octanol–water partition coefficient (Wildman–Crippen LogP) is 6.71.